The van der Waals surface area contributed by atoms with Gasteiger partial charge in [-0.15, -0.1) is 5.10 Å². The van der Waals surface area contributed by atoms with E-state index in [4.69, 9.17) is 32.7 Å². The van der Waals surface area contributed by atoms with E-state index in [0.29, 0.717) is 16.7 Å². The van der Waals surface area contributed by atoms with E-state index in [0.717, 1.165) is 5.56 Å². The zero-order valence-corrected chi connectivity index (χ0v) is 15.9. The smallest absolute Gasteiger partial charge is 0.327 e. The van der Waals surface area contributed by atoms with Crippen LogP contribution in [0.25, 0.3) is 0 Å². The van der Waals surface area contributed by atoms with E-state index in [-0.39, 0.29) is 31.1 Å². The fourth-order valence-corrected chi connectivity index (χ4v) is 2.63. The molecule has 1 amide bonds. The first kappa shape index (κ1) is 20.1. The van der Waals surface area contributed by atoms with Crippen LogP contribution in [0.1, 0.15) is 29.8 Å². The number of carbonyl (C=O) groups is 2. The molecule has 1 aromatic carbocycles. The van der Waals surface area contributed by atoms with Gasteiger partial charge in [0.25, 0.3) is 5.91 Å². The van der Waals surface area contributed by atoms with E-state index >= 15 is 0 Å². The first-order chi connectivity index (χ1) is 12.4. The summed E-state index contributed by atoms with van der Waals surface area (Å²) in [6.07, 6.45) is 1.45. The molecule has 0 aliphatic carbocycles. The molecule has 2 rings (SSSR count). The van der Waals surface area contributed by atoms with E-state index in [1.807, 2.05) is 0 Å². The van der Waals surface area contributed by atoms with Crippen LogP contribution in [-0.4, -0.2) is 34.9 Å². The van der Waals surface area contributed by atoms with Crippen molar-refractivity contribution in [2.75, 3.05) is 13.2 Å². The molecule has 7 nitrogen and oxygen atoms in total. The molecule has 9 heteroatoms. The molecule has 0 aliphatic heterocycles. The lowest BCUT2D eigenvalue weighted by Crippen LogP contribution is -2.23. The summed E-state index contributed by atoms with van der Waals surface area (Å²) in [5.74, 6) is -0.691. The lowest BCUT2D eigenvalue weighted by atomic mass is 10.2. The molecule has 0 fully saturated rings. The summed E-state index contributed by atoms with van der Waals surface area (Å²) < 4.78 is 11.6. The zero-order chi connectivity index (χ0) is 19.1. The molecule has 0 aliphatic rings. The third kappa shape index (κ3) is 5.37. The van der Waals surface area contributed by atoms with E-state index in [1.165, 1.54) is 10.9 Å². The topological polar surface area (TPSA) is 82.5 Å². The summed E-state index contributed by atoms with van der Waals surface area (Å²) in [5, 5.41) is 7.84. The quantitative estimate of drug-likeness (QED) is 0.689. The Morgan fingerprint density at radius 3 is 2.65 bits per heavy atom. The Bertz CT molecular complexity index is 792. The second-order valence-electron chi connectivity index (χ2n) is 5.20. The summed E-state index contributed by atoms with van der Waals surface area (Å²) in [6.45, 7) is 4.20. The van der Waals surface area contributed by atoms with Gasteiger partial charge in [0.15, 0.2) is 0 Å². The van der Waals surface area contributed by atoms with E-state index in [1.54, 1.807) is 32.0 Å². The van der Waals surface area contributed by atoms with Crippen molar-refractivity contribution in [1.29, 1.82) is 0 Å². The minimum absolute atomic E-state index is 0.107. The van der Waals surface area contributed by atoms with Crippen molar-refractivity contribution in [1.82, 2.24) is 15.1 Å². The molecule has 0 saturated heterocycles. The average Bonchev–Trinajstić information content (AvgIpc) is 2.97. The Hall–Kier alpha value is -2.25. The van der Waals surface area contributed by atoms with Gasteiger partial charge in [0.2, 0.25) is 5.88 Å². The maximum atomic E-state index is 12.5. The fourth-order valence-electron chi connectivity index (χ4n) is 2.16. The second-order valence-corrected chi connectivity index (χ2v) is 6.05. The molecule has 0 radical (unpaired) electrons. The maximum absolute atomic E-state index is 12.5. The van der Waals surface area contributed by atoms with Crippen LogP contribution < -0.4 is 10.1 Å². The minimum atomic E-state index is -0.446. The number of halogens is 2. The summed E-state index contributed by atoms with van der Waals surface area (Å²) in [7, 11) is 0. The predicted octanol–water partition coefficient (Wildman–Crippen LogP) is 3.08. The molecule has 2 aromatic rings. The lowest BCUT2D eigenvalue weighted by molar-refractivity contribution is -0.144. The third-order valence-electron chi connectivity index (χ3n) is 3.30. The van der Waals surface area contributed by atoms with Crippen LogP contribution in [0.15, 0.2) is 24.4 Å². The van der Waals surface area contributed by atoms with Crippen LogP contribution in [0, 0.1) is 0 Å². The first-order valence-electron chi connectivity index (χ1n) is 8.02. The number of amides is 1. The number of ether oxygens (including phenoxy) is 2. The Morgan fingerprint density at radius 1 is 1.23 bits per heavy atom. The van der Waals surface area contributed by atoms with Crippen molar-refractivity contribution in [3.8, 4) is 5.88 Å². The number of rotatable bonds is 8. The van der Waals surface area contributed by atoms with Crippen molar-refractivity contribution in [3.63, 3.8) is 0 Å². The molecule has 1 aromatic heterocycles. The summed E-state index contributed by atoms with van der Waals surface area (Å²) in [6, 6.07) is 5.03. The zero-order valence-electron chi connectivity index (χ0n) is 14.4. The Morgan fingerprint density at radius 2 is 2.00 bits per heavy atom. The van der Waals surface area contributed by atoms with Crippen LogP contribution in [0.2, 0.25) is 10.0 Å². The monoisotopic (exact) mass is 399 g/mol. The predicted molar refractivity (Wildman–Crippen MR) is 97.7 cm³/mol. The summed E-state index contributed by atoms with van der Waals surface area (Å²) in [5.41, 5.74) is 0.947. The Labute approximate surface area is 161 Å². The SMILES string of the molecule is CCOC(=O)Cn1cc(C(=O)NCc2ccc(Cl)cc2Cl)c(OCC)n1. The van der Waals surface area contributed by atoms with Gasteiger partial charge in [-0.05, 0) is 31.5 Å². The summed E-state index contributed by atoms with van der Waals surface area (Å²) in [4.78, 5) is 24.1. The van der Waals surface area contributed by atoms with Gasteiger partial charge in [-0.2, -0.15) is 0 Å². The highest BCUT2D eigenvalue weighted by atomic mass is 35.5. The van der Waals surface area contributed by atoms with Gasteiger partial charge in [0, 0.05) is 22.8 Å². The molecular weight excluding hydrogens is 381 g/mol. The van der Waals surface area contributed by atoms with Gasteiger partial charge < -0.3 is 14.8 Å². The number of carbonyl (C=O) groups excluding carboxylic acids is 2. The van der Waals surface area contributed by atoms with Crippen LogP contribution in [0.3, 0.4) is 0 Å². The highest BCUT2D eigenvalue weighted by Crippen LogP contribution is 2.21. The molecule has 140 valence electrons. The molecule has 1 N–H and O–H groups in total. The van der Waals surface area contributed by atoms with Crippen LogP contribution in [0.5, 0.6) is 5.88 Å². The lowest BCUT2D eigenvalue weighted by Gasteiger charge is -2.07. The molecule has 0 spiro atoms. The van der Waals surface area contributed by atoms with Crippen molar-refractivity contribution < 1.29 is 19.1 Å². The van der Waals surface area contributed by atoms with Gasteiger partial charge in [-0.25, -0.2) is 0 Å². The van der Waals surface area contributed by atoms with Gasteiger partial charge >= 0.3 is 5.97 Å². The number of hydrogen-bond acceptors (Lipinski definition) is 5. The number of hydrogen-bond donors (Lipinski definition) is 1. The van der Waals surface area contributed by atoms with Gasteiger partial charge in [0.1, 0.15) is 12.1 Å². The Kier molecular flexibility index (Phi) is 7.29. The maximum Gasteiger partial charge on any atom is 0.327 e. The Balaban J connectivity index is 2.10. The van der Waals surface area contributed by atoms with Crippen LogP contribution >= 0.6 is 23.2 Å². The number of nitrogens with one attached hydrogen (secondary N) is 1. The van der Waals surface area contributed by atoms with E-state index in [9.17, 15) is 9.59 Å². The number of nitrogens with zero attached hydrogens (tertiary/aromatic N) is 2. The minimum Gasteiger partial charge on any atom is -0.476 e. The molecule has 0 bridgehead atoms. The summed E-state index contributed by atoms with van der Waals surface area (Å²) >= 11 is 12.0. The second kappa shape index (κ2) is 9.45. The van der Waals surface area contributed by atoms with E-state index in [2.05, 4.69) is 10.4 Å². The number of benzene rings is 1. The van der Waals surface area contributed by atoms with Crippen molar-refractivity contribution in [2.45, 2.75) is 26.9 Å². The molecule has 0 saturated carbocycles. The third-order valence-corrected chi connectivity index (χ3v) is 3.89. The van der Waals surface area contributed by atoms with Gasteiger partial charge in [-0.1, -0.05) is 29.3 Å². The largest absolute Gasteiger partial charge is 0.476 e. The van der Waals surface area contributed by atoms with Gasteiger partial charge in [-0.3, -0.25) is 14.3 Å². The van der Waals surface area contributed by atoms with Crippen LogP contribution in [-0.2, 0) is 22.6 Å². The molecule has 1 heterocycles. The molecule has 0 unspecified atom stereocenters. The number of esters is 1. The highest BCUT2D eigenvalue weighted by molar-refractivity contribution is 6.35. The van der Waals surface area contributed by atoms with Crippen LogP contribution in [0.4, 0.5) is 0 Å². The van der Waals surface area contributed by atoms with Crippen molar-refractivity contribution >= 4 is 35.1 Å². The normalized spacial score (nSPS) is 10.5. The van der Waals surface area contributed by atoms with Crippen molar-refractivity contribution in [2.24, 2.45) is 0 Å². The fraction of sp³-hybridized carbons (Fsp3) is 0.353. The first-order valence-corrected chi connectivity index (χ1v) is 8.78. The molecule has 0 atom stereocenters. The average molecular weight is 400 g/mol. The highest BCUT2D eigenvalue weighted by Gasteiger charge is 2.19. The number of aromatic nitrogens is 2. The van der Waals surface area contributed by atoms with Crippen molar-refractivity contribution in [3.05, 3.63) is 45.6 Å². The standard InChI is InChI=1S/C17H19Cl2N3O4/c1-3-25-15(23)10-22-9-13(17(21-22)26-4-2)16(24)20-8-11-5-6-12(18)7-14(11)19/h5-7,9H,3-4,8,10H2,1-2H3,(H,20,24). The molecule has 26 heavy (non-hydrogen) atoms. The van der Waals surface area contributed by atoms with E-state index < -0.39 is 11.9 Å². The van der Waals surface area contributed by atoms with Gasteiger partial charge in [0.05, 0.1) is 13.2 Å². The molecular formula is C17H19Cl2N3O4.